The molecular formula is C25H28Cl2N2O5. The van der Waals surface area contributed by atoms with E-state index in [1.807, 2.05) is 38.1 Å². The first kappa shape index (κ1) is 25.7. The number of carboxylic acids is 1. The number of halogens is 2. The van der Waals surface area contributed by atoms with Gasteiger partial charge in [-0.25, -0.2) is 0 Å². The molecule has 9 heteroatoms. The Morgan fingerprint density at radius 3 is 2.56 bits per heavy atom. The first-order valence-corrected chi connectivity index (χ1v) is 11.7. The molecule has 0 fully saturated rings. The van der Waals surface area contributed by atoms with Crippen molar-refractivity contribution in [2.75, 3.05) is 6.61 Å². The van der Waals surface area contributed by atoms with Crippen molar-refractivity contribution in [3.05, 3.63) is 69.3 Å². The van der Waals surface area contributed by atoms with Crippen LogP contribution < -0.4 is 14.2 Å². The molecule has 2 aromatic carbocycles. The molecule has 0 aliphatic rings. The Morgan fingerprint density at radius 2 is 1.85 bits per heavy atom. The van der Waals surface area contributed by atoms with Crippen LogP contribution in [-0.2, 0) is 31.3 Å². The van der Waals surface area contributed by atoms with Gasteiger partial charge in [-0.1, -0.05) is 35.3 Å². The maximum Gasteiger partial charge on any atom is 0.308 e. The molecule has 0 saturated carbocycles. The van der Waals surface area contributed by atoms with E-state index >= 15 is 0 Å². The van der Waals surface area contributed by atoms with Crippen LogP contribution in [0.4, 0.5) is 0 Å². The van der Waals surface area contributed by atoms with Crippen LogP contribution >= 0.6 is 23.2 Å². The molecule has 1 aromatic heterocycles. The molecule has 0 unspecified atom stereocenters. The summed E-state index contributed by atoms with van der Waals surface area (Å²) in [6.45, 7) is 4.61. The lowest BCUT2D eigenvalue weighted by Crippen LogP contribution is -2.07. The van der Waals surface area contributed by atoms with E-state index in [2.05, 4.69) is 5.10 Å². The minimum absolute atomic E-state index is 0.0381. The Kier molecular flexibility index (Phi) is 9.07. The lowest BCUT2D eigenvalue weighted by atomic mass is 10.1. The third-order valence-corrected chi connectivity index (χ3v) is 5.43. The van der Waals surface area contributed by atoms with Crippen molar-refractivity contribution < 1.29 is 24.1 Å². The van der Waals surface area contributed by atoms with E-state index < -0.39 is 5.97 Å². The average molecular weight is 507 g/mol. The van der Waals surface area contributed by atoms with Gasteiger partial charge in [0.15, 0.2) is 0 Å². The van der Waals surface area contributed by atoms with Crippen molar-refractivity contribution in [1.29, 1.82) is 0 Å². The highest BCUT2D eigenvalue weighted by Crippen LogP contribution is 2.29. The van der Waals surface area contributed by atoms with Gasteiger partial charge in [0.05, 0.1) is 19.1 Å². The summed E-state index contributed by atoms with van der Waals surface area (Å²) < 4.78 is 19.3. The van der Waals surface area contributed by atoms with E-state index in [1.54, 1.807) is 30.1 Å². The van der Waals surface area contributed by atoms with Gasteiger partial charge in [0.2, 0.25) is 5.88 Å². The largest absolute Gasteiger partial charge is 0.491 e. The van der Waals surface area contributed by atoms with Crippen molar-refractivity contribution in [2.45, 2.75) is 45.8 Å². The fraction of sp³-hybridized carbons (Fsp3) is 0.360. The lowest BCUT2D eigenvalue weighted by Gasteiger charge is -2.16. The molecule has 0 bridgehead atoms. The van der Waals surface area contributed by atoms with Crippen molar-refractivity contribution in [3.8, 4) is 17.4 Å². The summed E-state index contributed by atoms with van der Waals surface area (Å²) >= 11 is 12.3. The predicted molar refractivity (Wildman–Crippen MR) is 131 cm³/mol. The van der Waals surface area contributed by atoms with Crippen molar-refractivity contribution in [2.24, 2.45) is 7.05 Å². The first-order chi connectivity index (χ1) is 16.2. The summed E-state index contributed by atoms with van der Waals surface area (Å²) in [5, 5.41) is 14.4. The summed E-state index contributed by atoms with van der Waals surface area (Å²) in [6.07, 6.45) is 2.94. The molecule has 3 aromatic rings. The van der Waals surface area contributed by atoms with Crippen molar-refractivity contribution in [3.63, 3.8) is 0 Å². The second-order valence-electron chi connectivity index (χ2n) is 8.12. The van der Waals surface area contributed by atoms with Gasteiger partial charge in [0, 0.05) is 40.5 Å². The highest BCUT2D eigenvalue weighted by atomic mass is 35.5. The van der Waals surface area contributed by atoms with E-state index in [1.165, 1.54) is 0 Å². The fourth-order valence-corrected chi connectivity index (χ4v) is 3.83. The van der Waals surface area contributed by atoms with Gasteiger partial charge in [-0.3, -0.25) is 9.48 Å². The normalized spacial score (nSPS) is 11.0. The molecule has 34 heavy (non-hydrogen) atoms. The highest BCUT2D eigenvalue weighted by molar-refractivity contribution is 6.35. The van der Waals surface area contributed by atoms with Gasteiger partial charge in [0.1, 0.15) is 18.1 Å². The number of hydrogen-bond acceptors (Lipinski definition) is 5. The quantitative estimate of drug-likeness (QED) is 0.315. The fourth-order valence-electron chi connectivity index (χ4n) is 3.37. The van der Waals surface area contributed by atoms with Crippen molar-refractivity contribution >= 4 is 29.2 Å². The van der Waals surface area contributed by atoms with Gasteiger partial charge in [0.25, 0.3) is 0 Å². The summed E-state index contributed by atoms with van der Waals surface area (Å²) in [6, 6.07) is 11.1. The van der Waals surface area contributed by atoms with Crippen LogP contribution in [0.3, 0.4) is 0 Å². The predicted octanol–water partition coefficient (Wildman–Crippen LogP) is 5.73. The minimum Gasteiger partial charge on any atom is -0.491 e. The Hall–Kier alpha value is -2.90. The molecule has 182 valence electrons. The molecule has 1 heterocycles. The number of carbonyl (C=O) groups is 1. The second kappa shape index (κ2) is 12.0. The molecule has 0 spiro atoms. The molecule has 0 atom stereocenters. The van der Waals surface area contributed by atoms with E-state index in [9.17, 15) is 4.79 Å². The van der Waals surface area contributed by atoms with Gasteiger partial charge >= 0.3 is 5.97 Å². The van der Waals surface area contributed by atoms with Crippen LogP contribution in [0.15, 0.2) is 42.6 Å². The molecule has 1 N–H and O–H groups in total. The number of hydrogen-bond donors (Lipinski definition) is 1. The summed E-state index contributed by atoms with van der Waals surface area (Å²) in [7, 11) is 1.73. The molecule has 7 nitrogen and oxygen atoms in total. The van der Waals surface area contributed by atoms with Crippen molar-refractivity contribution in [1.82, 2.24) is 9.78 Å². The standard InChI is InChI=1S/C25H28Cl2N2O5/c1-16(2)34-21-9-7-17(23(13-21)33-15-18-6-8-20(26)12-22(18)27)5-4-10-32-25-19(11-24(30)31)14-29(3)28-25/h6-9,12-14,16H,4-5,10-11,15H2,1-3H3,(H,30,31). The van der Waals surface area contributed by atoms with E-state index in [0.29, 0.717) is 46.7 Å². The third kappa shape index (κ3) is 7.57. The third-order valence-electron chi connectivity index (χ3n) is 4.85. The number of aromatic nitrogens is 2. The number of carboxylic acid groups (broad SMARTS) is 1. The van der Waals surface area contributed by atoms with E-state index in [0.717, 1.165) is 16.9 Å². The topological polar surface area (TPSA) is 82.8 Å². The van der Waals surface area contributed by atoms with Gasteiger partial charge in [-0.15, -0.1) is 5.10 Å². The molecule has 0 amide bonds. The Balaban J connectivity index is 1.66. The maximum absolute atomic E-state index is 11.0. The number of nitrogens with zero attached hydrogens (tertiary/aromatic N) is 2. The van der Waals surface area contributed by atoms with E-state index in [-0.39, 0.29) is 19.1 Å². The number of rotatable bonds is 12. The van der Waals surface area contributed by atoms with Gasteiger partial charge in [-0.2, -0.15) is 0 Å². The monoisotopic (exact) mass is 506 g/mol. The molecular weight excluding hydrogens is 479 g/mol. The lowest BCUT2D eigenvalue weighted by molar-refractivity contribution is -0.136. The van der Waals surface area contributed by atoms with Crippen LogP contribution in [0.1, 0.15) is 37.0 Å². The Bertz CT molecular complexity index is 1130. The van der Waals surface area contributed by atoms with Crippen LogP contribution in [0, 0.1) is 0 Å². The number of ether oxygens (including phenoxy) is 3. The number of aliphatic carboxylic acids is 1. The van der Waals surface area contributed by atoms with E-state index in [4.69, 9.17) is 42.5 Å². The second-order valence-corrected chi connectivity index (χ2v) is 8.96. The number of aryl methyl sites for hydroxylation is 2. The van der Waals surface area contributed by atoms with Crippen LogP contribution in [0.2, 0.25) is 10.0 Å². The number of benzene rings is 2. The Morgan fingerprint density at radius 1 is 1.09 bits per heavy atom. The highest BCUT2D eigenvalue weighted by Gasteiger charge is 2.13. The molecule has 0 saturated heterocycles. The minimum atomic E-state index is -0.927. The summed E-state index contributed by atoms with van der Waals surface area (Å²) in [5.74, 6) is 0.844. The Labute approximate surface area is 209 Å². The zero-order valence-electron chi connectivity index (χ0n) is 19.4. The molecule has 0 aliphatic carbocycles. The molecule has 0 radical (unpaired) electrons. The zero-order chi connectivity index (χ0) is 24.7. The first-order valence-electron chi connectivity index (χ1n) is 10.9. The van der Waals surface area contributed by atoms with Crippen LogP contribution in [0.5, 0.6) is 17.4 Å². The average Bonchev–Trinajstić information content (AvgIpc) is 3.09. The summed E-state index contributed by atoms with van der Waals surface area (Å²) in [4.78, 5) is 11.0. The smallest absolute Gasteiger partial charge is 0.308 e. The van der Waals surface area contributed by atoms with Crippen LogP contribution in [-0.4, -0.2) is 33.6 Å². The van der Waals surface area contributed by atoms with Crippen LogP contribution in [0.25, 0.3) is 0 Å². The molecule has 3 rings (SSSR count). The SMILES string of the molecule is CC(C)Oc1ccc(CCCOc2nn(C)cc2CC(=O)O)c(OCc2ccc(Cl)cc2Cl)c1. The zero-order valence-corrected chi connectivity index (χ0v) is 20.9. The van der Waals surface area contributed by atoms with Gasteiger partial charge < -0.3 is 19.3 Å². The maximum atomic E-state index is 11.0. The van der Waals surface area contributed by atoms with Gasteiger partial charge in [-0.05, 0) is 50.5 Å². The molecule has 0 aliphatic heterocycles. The summed E-state index contributed by atoms with van der Waals surface area (Å²) in [5.41, 5.74) is 2.38.